The first-order valence-corrected chi connectivity index (χ1v) is 12.2. The van der Waals surface area contributed by atoms with Gasteiger partial charge in [0, 0.05) is 17.6 Å². The third-order valence-corrected chi connectivity index (χ3v) is 5.99. The number of rotatable bonds is 6. The van der Waals surface area contributed by atoms with Crippen molar-refractivity contribution in [2.75, 3.05) is 16.1 Å². The van der Waals surface area contributed by atoms with E-state index in [1.54, 1.807) is 25.3 Å². The molecular weight excluding hydrogens is 464 g/mol. The summed E-state index contributed by atoms with van der Waals surface area (Å²) in [6, 6.07) is 22.0. The van der Waals surface area contributed by atoms with Gasteiger partial charge in [-0.2, -0.15) is 10.1 Å². The molecule has 0 saturated heterocycles. The van der Waals surface area contributed by atoms with Crippen LogP contribution >= 0.6 is 0 Å². The Kier molecular flexibility index (Phi) is 8.85. The number of para-hydroxylation sites is 2. The smallest absolute Gasteiger partial charge is 0.335 e. The van der Waals surface area contributed by atoms with Crippen LogP contribution in [-0.4, -0.2) is 22.7 Å². The van der Waals surface area contributed by atoms with E-state index in [0.717, 1.165) is 16.9 Å². The Morgan fingerprint density at radius 3 is 2.03 bits per heavy atom. The predicted octanol–water partition coefficient (Wildman–Crippen LogP) is 6.62. The second-order valence-electron chi connectivity index (χ2n) is 9.38. The summed E-state index contributed by atoms with van der Waals surface area (Å²) in [5.74, 6) is -0.390. The molecule has 7 nitrogen and oxygen atoms in total. The lowest BCUT2D eigenvalue weighted by molar-refractivity contribution is -0.114. The van der Waals surface area contributed by atoms with Gasteiger partial charge in [-0.1, -0.05) is 64.1 Å². The number of nitrogens with two attached hydrogens (primary N) is 1. The average molecular weight is 499 g/mol. The van der Waals surface area contributed by atoms with Gasteiger partial charge in [-0.05, 0) is 66.3 Å². The molecule has 0 spiro atoms. The molecule has 4 rings (SSSR count). The third kappa shape index (κ3) is 6.64. The van der Waals surface area contributed by atoms with E-state index in [1.165, 1.54) is 22.7 Å². The summed E-state index contributed by atoms with van der Waals surface area (Å²) in [5, 5.41) is 17.8. The largest absolute Gasteiger partial charge is 0.478 e. The van der Waals surface area contributed by atoms with Crippen molar-refractivity contribution in [3.8, 4) is 0 Å². The first-order valence-electron chi connectivity index (χ1n) is 12.2. The van der Waals surface area contributed by atoms with E-state index in [-0.39, 0.29) is 11.5 Å². The summed E-state index contributed by atoms with van der Waals surface area (Å²) in [6.45, 7) is 10.3. The number of anilines is 3. The molecule has 192 valence electrons. The van der Waals surface area contributed by atoms with Crippen LogP contribution in [0, 0.1) is 0 Å². The molecule has 0 atom stereocenters. The molecule has 1 amide bonds. The Morgan fingerprint density at radius 2 is 1.49 bits per heavy atom. The van der Waals surface area contributed by atoms with E-state index < -0.39 is 5.97 Å². The maximum absolute atomic E-state index is 12.8. The highest BCUT2D eigenvalue weighted by atomic mass is 16.4. The Hall–Kier alpha value is -4.39. The number of hydrazone groups is 1. The molecule has 0 unspecified atom stereocenters. The minimum atomic E-state index is -1.01. The lowest BCUT2D eigenvalue weighted by atomic mass is 10.0. The molecule has 3 aromatic carbocycles. The Balaban J connectivity index is 0.000000319. The van der Waals surface area contributed by atoms with Crippen molar-refractivity contribution in [3.63, 3.8) is 0 Å². The minimum absolute atomic E-state index is 0.161. The van der Waals surface area contributed by atoms with Gasteiger partial charge in [-0.15, -0.1) is 0 Å². The highest BCUT2D eigenvalue weighted by Crippen LogP contribution is 2.27. The van der Waals surface area contributed by atoms with Crippen molar-refractivity contribution in [1.82, 2.24) is 0 Å². The van der Waals surface area contributed by atoms with Crippen LogP contribution < -0.4 is 16.1 Å². The van der Waals surface area contributed by atoms with Gasteiger partial charge in [0.15, 0.2) is 0 Å². The molecule has 3 aromatic rings. The molecule has 7 heteroatoms. The molecule has 0 bridgehead atoms. The van der Waals surface area contributed by atoms with Gasteiger partial charge in [0.1, 0.15) is 0 Å². The fourth-order valence-electron chi connectivity index (χ4n) is 3.92. The van der Waals surface area contributed by atoms with E-state index in [9.17, 15) is 9.59 Å². The summed E-state index contributed by atoms with van der Waals surface area (Å²) >= 11 is 0. The van der Waals surface area contributed by atoms with Crippen molar-refractivity contribution in [1.29, 1.82) is 0 Å². The van der Waals surface area contributed by atoms with Gasteiger partial charge in [-0.3, -0.25) is 4.79 Å². The Bertz CT molecular complexity index is 1320. The van der Waals surface area contributed by atoms with Crippen LogP contribution in [0.15, 0.2) is 89.7 Å². The van der Waals surface area contributed by atoms with Gasteiger partial charge < -0.3 is 16.2 Å². The Morgan fingerprint density at radius 1 is 0.919 bits per heavy atom. The SMILES string of the molecule is CC(C)c1ccccc1N.CC1=NN(c2ccc(C(=O)O)cc2)C(=O)C1=CNc1ccccc1C(C)C. The summed E-state index contributed by atoms with van der Waals surface area (Å²) < 4.78 is 0. The topological polar surface area (TPSA) is 108 Å². The van der Waals surface area contributed by atoms with E-state index in [1.807, 2.05) is 36.4 Å². The second-order valence-corrected chi connectivity index (χ2v) is 9.38. The zero-order valence-corrected chi connectivity index (χ0v) is 21.9. The molecule has 0 fully saturated rings. The van der Waals surface area contributed by atoms with Crippen LogP contribution in [-0.2, 0) is 4.79 Å². The third-order valence-electron chi connectivity index (χ3n) is 5.99. The summed E-state index contributed by atoms with van der Waals surface area (Å²) in [7, 11) is 0. The van der Waals surface area contributed by atoms with Crippen LogP contribution in [0.25, 0.3) is 0 Å². The lowest BCUT2D eigenvalue weighted by Crippen LogP contribution is -2.21. The molecule has 0 radical (unpaired) electrons. The number of carboxylic acids is 1. The number of nitrogen functional groups attached to an aromatic ring is 1. The number of carbonyl (C=O) groups excluding carboxylic acids is 1. The van der Waals surface area contributed by atoms with E-state index in [2.05, 4.69) is 50.2 Å². The van der Waals surface area contributed by atoms with Crippen molar-refractivity contribution in [2.45, 2.75) is 46.5 Å². The molecule has 4 N–H and O–H groups in total. The normalized spacial score (nSPS) is 14.0. The second kappa shape index (κ2) is 12.0. The fourth-order valence-corrected chi connectivity index (χ4v) is 3.92. The zero-order chi connectivity index (χ0) is 27.1. The number of nitrogens with zero attached hydrogens (tertiary/aromatic N) is 2. The summed E-state index contributed by atoms with van der Waals surface area (Å²) in [6.07, 6.45) is 1.67. The molecule has 0 aromatic heterocycles. The summed E-state index contributed by atoms with van der Waals surface area (Å²) in [5.41, 5.74) is 11.7. The highest BCUT2D eigenvalue weighted by Gasteiger charge is 2.29. The first kappa shape index (κ1) is 27.2. The van der Waals surface area contributed by atoms with E-state index >= 15 is 0 Å². The average Bonchev–Trinajstić information content (AvgIpc) is 3.16. The van der Waals surface area contributed by atoms with Crippen molar-refractivity contribution >= 4 is 34.7 Å². The van der Waals surface area contributed by atoms with Crippen molar-refractivity contribution in [3.05, 3.63) is 101 Å². The van der Waals surface area contributed by atoms with Gasteiger partial charge in [0.2, 0.25) is 0 Å². The highest BCUT2D eigenvalue weighted by molar-refractivity contribution is 6.29. The molecule has 1 aliphatic rings. The van der Waals surface area contributed by atoms with Crippen LogP contribution in [0.1, 0.15) is 67.9 Å². The number of nitrogens with one attached hydrogen (secondary N) is 1. The maximum Gasteiger partial charge on any atom is 0.335 e. The van der Waals surface area contributed by atoms with Gasteiger partial charge in [-0.25, -0.2) is 4.79 Å². The molecule has 37 heavy (non-hydrogen) atoms. The number of hydrogen-bond acceptors (Lipinski definition) is 5. The molecule has 0 aliphatic carbocycles. The quantitative estimate of drug-likeness (QED) is 0.261. The van der Waals surface area contributed by atoms with Crippen molar-refractivity contribution in [2.24, 2.45) is 5.10 Å². The standard InChI is InChI=1S/C21H21N3O3.C9H13N/c1-13(2)17-6-4-5-7-19(17)22-12-18-14(3)23-24(20(18)25)16-10-8-15(9-11-16)21(26)27;1-7(2)8-5-3-4-6-9(8)10/h4-13,22H,1-3H3,(H,26,27);3-7H,10H2,1-2H3. The fraction of sp³-hybridized carbons (Fsp3) is 0.233. The molecule has 0 saturated carbocycles. The van der Waals surface area contributed by atoms with Crippen LogP contribution in [0.2, 0.25) is 0 Å². The number of carbonyl (C=O) groups is 2. The number of amides is 1. The number of benzene rings is 3. The van der Waals surface area contributed by atoms with Crippen molar-refractivity contribution < 1.29 is 14.7 Å². The first-order chi connectivity index (χ1) is 17.6. The van der Waals surface area contributed by atoms with Gasteiger partial charge >= 0.3 is 5.97 Å². The molecule has 1 heterocycles. The van der Waals surface area contributed by atoms with Crippen LogP contribution in [0.5, 0.6) is 0 Å². The number of carboxylic acid groups (broad SMARTS) is 1. The summed E-state index contributed by atoms with van der Waals surface area (Å²) in [4.78, 5) is 23.7. The molecular formula is C30H34N4O3. The zero-order valence-electron chi connectivity index (χ0n) is 21.9. The number of hydrogen-bond donors (Lipinski definition) is 3. The monoisotopic (exact) mass is 498 g/mol. The predicted molar refractivity (Wildman–Crippen MR) is 151 cm³/mol. The van der Waals surface area contributed by atoms with Crippen LogP contribution in [0.4, 0.5) is 17.1 Å². The lowest BCUT2D eigenvalue weighted by Gasteiger charge is -2.13. The minimum Gasteiger partial charge on any atom is -0.478 e. The van der Waals surface area contributed by atoms with Gasteiger partial charge in [0.25, 0.3) is 5.91 Å². The maximum atomic E-state index is 12.8. The van der Waals surface area contributed by atoms with Crippen LogP contribution in [0.3, 0.4) is 0 Å². The van der Waals surface area contributed by atoms with E-state index in [0.29, 0.717) is 28.8 Å². The molecule has 1 aliphatic heterocycles. The van der Waals surface area contributed by atoms with Gasteiger partial charge in [0.05, 0.1) is 22.5 Å². The van der Waals surface area contributed by atoms with E-state index in [4.69, 9.17) is 10.8 Å². The number of aromatic carboxylic acids is 1. The Labute approximate surface area is 218 Å².